The van der Waals surface area contributed by atoms with Crippen LogP contribution >= 0.6 is 0 Å². The molecule has 1 atom stereocenters. The number of aryl methyl sites for hydroxylation is 1. The van der Waals surface area contributed by atoms with Crippen LogP contribution in [0.1, 0.15) is 38.0 Å². The first kappa shape index (κ1) is 16.2. The van der Waals surface area contributed by atoms with Crippen LogP contribution in [0, 0.1) is 0 Å². The number of rotatable bonds is 9. The summed E-state index contributed by atoms with van der Waals surface area (Å²) in [5.74, 6) is 0. The van der Waals surface area contributed by atoms with Crippen molar-refractivity contribution in [2.75, 3.05) is 32.8 Å². The highest BCUT2D eigenvalue weighted by molar-refractivity contribution is 5.24. The molecule has 1 aromatic rings. The minimum Gasteiger partial charge on any atom is -0.387 e. The first-order valence-corrected chi connectivity index (χ1v) is 7.28. The maximum atomic E-state index is 10.3. The molecule has 0 saturated carbocycles. The van der Waals surface area contributed by atoms with Gasteiger partial charge in [-0.3, -0.25) is 4.90 Å². The molecule has 1 rings (SSSR count). The van der Waals surface area contributed by atoms with E-state index in [1.165, 1.54) is 5.56 Å². The lowest BCUT2D eigenvalue weighted by Gasteiger charge is -2.23. The summed E-state index contributed by atoms with van der Waals surface area (Å²) >= 11 is 0. The molecule has 0 aromatic heterocycles. The molecule has 0 fully saturated rings. The third kappa shape index (κ3) is 5.72. The second kappa shape index (κ2) is 9.08. The van der Waals surface area contributed by atoms with Crippen LogP contribution in [0.5, 0.6) is 0 Å². The van der Waals surface area contributed by atoms with Crippen LogP contribution in [0.3, 0.4) is 0 Å². The van der Waals surface area contributed by atoms with Gasteiger partial charge in [0.05, 0.1) is 12.7 Å². The molecular formula is C16H27NO2. The minimum absolute atomic E-state index is 0.424. The van der Waals surface area contributed by atoms with Crippen molar-refractivity contribution in [1.29, 1.82) is 0 Å². The zero-order valence-electron chi connectivity index (χ0n) is 12.4. The summed E-state index contributed by atoms with van der Waals surface area (Å²) in [5.41, 5.74) is 2.30. The Bertz CT molecular complexity index is 337. The van der Waals surface area contributed by atoms with Gasteiger partial charge < -0.3 is 9.84 Å². The molecular weight excluding hydrogens is 238 g/mol. The summed E-state index contributed by atoms with van der Waals surface area (Å²) in [5, 5.41) is 10.3. The van der Waals surface area contributed by atoms with E-state index in [0.29, 0.717) is 6.54 Å². The van der Waals surface area contributed by atoms with Crippen LogP contribution in [0.2, 0.25) is 0 Å². The summed E-state index contributed by atoms with van der Waals surface area (Å²) in [4.78, 5) is 2.22. The number of benzene rings is 1. The van der Waals surface area contributed by atoms with E-state index in [0.717, 1.165) is 38.3 Å². The molecule has 1 unspecified atom stereocenters. The van der Waals surface area contributed by atoms with E-state index in [-0.39, 0.29) is 0 Å². The standard InChI is InChI=1S/C16H27NO2/c1-4-14-7-9-15(10-8-14)16(18)13-17(5-2)11-12-19-6-3/h7-10,16,18H,4-6,11-13H2,1-3H3. The molecule has 0 amide bonds. The lowest BCUT2D eigenvalue weighted by atomic mass is 10.1. The van der Waals surface area contributed by atoms with E-state index >= 15 is 0 Å². The van der Waals surface area contributed by atoms with Crippen molar-refractivity contribution in [2.24, 2.45) is 0 Å². The molecule has 0 aliphatic rings. The highest BCUT2D eigenvalue weighted by atomic mass is 16.5. The lowest BCUT2D eigenvalue weighted by Crippen LogP contribution is -2.31. The monoisotopic (exact) mass is 265 g/mol. The Labute approximate surface area is 117 Å². The molecule has 108 valence electrons. The third-order valence-electron chi connectivity index (χ3n) is 3.41. The normalized spacial score (nSPS) is 12.9. The molecule has 3 nitrogen and oxygen atoms in total. The van der Waals surface area contributed by atoms with Gasteiger partial charge in [0, 0.05) is 19.7 Å². The molecule has 0 spiro atoms. The van der Waals surface area contributed by atoms with Crippen LogP contribution in [-0.4, -0.2) is 42.9 Å². The van der Waals surface area contributed by atoms with Gasteiger partial charge in [0.2, 0.25) is 0 Å². The van der Waals surface area contributed by atoms with Gasteiger partial charge in [-0.05, 0) is 31.0 Å². The second-order valence-corrected chi connectivity index (χ2v) is 4.70. The van der Waals surface area contributed by atoms with Gasteiger partial charge in [-0.2, -0.15) is 0 Å². The first-order chi connectivity index (χ1) is 9.21. The van der Waals surface area contributed by atoms with E-state index in [1.807, 2.05) is 19.1 Å². The van der Waals surface area contributed by atoms with E-state index in [2.05, 4.69) is 30.9 Å². The van der Waals surface area contributed by atoms with E-state index < -0.39 is 6.10 Å². The van der Waals surface area contributed by atoms with Gasteiger partial charge in [-0.15, -0.1) is 0 Å². The predicted molar refractivity (Wildman–Crippen MR) is 79.4 cm³/mol. The van der Waals surface area contributed by atoms with Crippen LogP contribution in [0.25, 0.3) is 0 Å². The number of ether oxygens (including phenoxy) is 1. The van der Waals surface area contributed by atoms with Gasteiger partial charge in [-0.25, -0.2) is 0 Å². The van der Waals surface area contributed by atoms with E-state index in [9.17, 15) is 5.11 Å². The average Bonchev–Trinajstić information content (AvgIpc) is 2.46. The molecule has 0 heterocycles. The maximum absolute atomic E-state index is 10.3. The topological polar surface area (TPSA) is 32.7 Å². The third-order valence-corrected chi connectivity index (χ3v) is 3.41. The quantitative estimate of drug-likeness (QED) is 0.697. The van der Waals surface area contributed by atoms with Crippen molar-refractivity contribution in [1.82, 2.24) is 4.90 Å². The van der Waals surface area contributed by atoms with Crippen molar-refractivity contribution < 1.29 is 9.84 Å². The summed E-state index contributed by atoms with van der Waals surface area (Å²) in [6.45, 7) is 10.2. The van der Waals surface area contributed by atoms with Crippen molar-refractivity contribution in [3.8, 4) is 0 Å². The number of hydrogen-bond donors (Lipinski definition) is 1. The molecule has 0 saturated heterocycles. The summed E-state index contributed by atoms with van der Waals surface area (Å²) in [7, 11) is 0. The number of likely N-dealkylation sites (N-methyl/N-ethyl adjacent to an activating group) is 1. The molecule has 0 aliphatic carbocycles. The van der Waals surface area contributed by atoms with Crippen LogP contribution in [0.15, 0.2) is 24.3 Å². The molecule has 0 bridgehead atoms. The minimum atomic E-state index is -0.424. The maximum Gasteiger partial charge on any atom is 0.0916 e. The SMILES string of the molecule is CCOCCN(CC)CC(O)c1ccc(CC)cc1. The van der Waals surface area contributed by atoms with Crippen molar-refractivity contribution in [3.63, 3.8) is 0 Å². The molecule has 1 aromatic carbocycles. The van der Waals surface area contributed by atoms with E-state index in [4.69, 9.17) is 4.74 Å². The average molecular weight is 265 g/mol. The molecule has 0 aliphatic heterocycles. The smallest absolute Gasteiger partial charge is 0.0916 e. The Morgan fingerprint density at radius 1 is 1.16 bits per heavy atom. The summed E-state index contributed by atoms with van der Waals surface area (Å²) in [6, 6.07) is 8.24. The number of hydrogen-bond acceptors (Lipinski definition) is 3. The fourth-order valence-corrected chi connectivity index (χ4v) is 2.04. The summed E-state index contributed by atoms with van der Waals surface area (Å²) < 4.78 is 5.36. The molecule has 1 N–H and O–H groups in total. The van der Waals surface area contributed by atoms with E-state index in [1.54, 1.807) is 0 Å². The zero-order chi connectivity index (χ0) is 14.1. The molecule has 3 heteroatoms. The zero-order valence-corrected chi connectivity index (χ0v) is 12.4. The van der Waals surface area contributed by atoms with Crippen LogP contribution in [0.4, 0.5) is 0 Å². The number of nitrogens with zero attached hydrogens (tertiary/aromatic N) is 1. The highest BCUT2D eigenvalue weighted by Crippen LogP contribution is 2.15. The van der Waals surface area contributed by atoms with Gasteiger partial charge in [-0.1, -0.05) is 38.1 Å². The first-order valence-electron chi connectivity index (χ1n) is 7.28. The Kier molecular flexibility index (Phi) is 7.72. The number of aliphatic hydroxyl groups excluding tert-OH is 1. The van der Waals surface area contributed by atoms with Crippen molar-refractivity contribution >= 4 is 0 Å². The lowest BCUT2D eigenvalue weighted by molar-refractivity contribution is 0.0792. The Morgan fingerprint density at radius 3 is 2.37 bits per heavy atom. The second-order valence-electron chi connectivity index (χ2n) is 4.70. The van der Waals surface area contributed by atoms with Gasteiger partial charge in [0.1, 0.15) is 0 Å². The Balaban J connectivity index is 2.48. The van der Waals surface area contributed by atoms with Gasteiger partial charge in [0.25, 0.3) is 0 Å². The van der Waals surface area contributed by atoms with Gasteiger partial charge in [0.15, 0.2) is 0 Å². The van der Waals surface area contributed by atoms with Crippen LogP contribution < -0.4 is 0 Å². The Hall–Kier alpha value is -0.900. The largest absolute Gasteiger partial charge is 0.387 e. The van der Waals surface area contributed by atoms with Crippen LogP contribution in [-0.2, 0) is 11.2 Å². The van der Waals surface area contributed by atoms with Gasteiger partial charge >= 0.3 is 0 Å². The fourth-order valence-electron chi connectivity index (χ4n) is 2.04. The van der Waals surface area contributed by atoms with Crippen molar-refractivity contribution in [2.45, 2.75) is 33.3 Å². The number of aliphatic hydroxyl groups is 1. The predicted octanol–water partition coefficient (Wildman–Crippen LogP) is 2.64. The molecule has 0 radical (unpaired) electrons. The highest BCUT2D eigenvalue weighted by Gasteiger charge is 2.12. The van der Waals surface area contributed by atoms with Crippen molar-refractivity contribution in [3.05, 3.63) is 35.4 Å². The fraction of sp³-hybridized carbons (Fsp3) is 0.625. The Morgan fingerprint density at radius 2 is 1.84 bits per heavy atom. The molecule has 19 heavy (non-hydrogen) atoms. The summed E-state index contributed by atoms with van der Waals surface area (Å²) in [6.07, 6.45) is 0.610.